The van der Waals surface area contributed by atoms with Crippen LogP contribution >= 0.6 is 11.3 Å². The van der Waals surface area contributed by atoms with Crippen LogP contribution in [0.5, 0.6) is 0 Å². The van der Waals surface area contributed by atoms with E-state index in [1.807, 2.05) is 30.5 Å². The first-order valence-corrected chi connectivity index (χ1v) is 12.1. The van der Waals surface area contributed by atoms with Crippen molar-refractivity contribution in [3.8, 4) is 0 Å². The molecule has 3 heterocycles. The zero-order chi connectivity index (χ0) is 21.5. The topological polar surface area (TPSA) is 46.1 Å². The average molecular weight is 445 g/mol. The number of hydrogen-bond acceptors (Lipinski definition) is 5. The number of anilines is 2. The molecule has 0 aliphatic carbocycles. The van der Waals surface area contributed by atoms with E-state index in [4.69, 9.17) is 0 Å². The van der Waals surface area contributed by atoms with Crippen LogP contribution < -0.4 is 20.4 Å². The Kier molecular flexibility index (Phi) is 7.64. The van der Waals surface area contributed by atoms with E-state index in [0.717, 1.165) is 76.8 Å². The van der Waals surface area contributed by atoms with Crippen LogP contribution in [-0.2, 0) is 0 Å². The summed E-state index contributed by atoms with van der Waals surface area (Å²) in [5, 5.41) is 10.6. The highest BCUT2D eigenvalue weighted by Crippen LogP contribution is 2.24. The summed E-state index contributed by atoms with van der Waals surface area (Å²) in [4.78, 5) is 11.7. The van der Waals surface area contributed by atoms with Gasteiger partial charge in [0.1, 0.15) is 5.82 Å². The molecule has 2 aliphatic rings. The van der Waals surface area contributed by atoms with E-state index >= 15 is 0 Å². The summed E-state index contributed by atoms with van der Waals surface area (Å²) in [7, 11) is 1.84. The minimum absolute atomic E-state index is 0.177. The van der Waals surface area contributed by atoms with Crippen LogP contribution in [0.4, 0.5) is 15.1 Å². The average Bonchev–Trinajstić information content (AvgIpc) is 3.35. The summed E-state index contributed by atoms with van der Waals surface area (Å²) in [6.07, 6.45) is 2.26. The third kappa shape index (κ3) is 6.11. The molecule has 8 heteroatoms. The molecular weight excluding hydrogens is 411 g/mol. The minimum atomic E-state index is -0.177. The number of thiophene rings is 1. The Bertz CT molecular complexity index is 809. The number of nitrogens with one attached hydrogen (secondary N) is 2. The number of aliphatic imine (C=N–C) groups is 1. The summed E-state index contributed by atoms with van der Waals surface area (Å²) in [5.74, 6) is 0.725. The van der Waals surface area contributed by atoms with Crippen molar-refractivity contribution < 1.29 is 4.39 Å². The number of hydrogen-bond donors (Lipinski definition) is 2. The molecule has 2 aromatic rings. The van der Waals surface area contributed by atoms with E-state index in [2.05, 4.69) is 47.8 Å². The van der Waals surface area contributed by atoms with Crippen molar-refractivity contribution >= 4 is 28.0 Å². The summed E-state index contributed by atoms with van der Waals surface area (Å²) in [6.45, 7) is 8.04. The summed E-state index contributed by atoms with van der Waals surface area (Å²) < 4.78 is 13.1. The molecule has 0 amide bonds. The number of halogens is 1. The van der Waals surface area contributed by atoms with Crippen LogP contribution in [0.2, 0.25) is 0 Å². The third-order valence-corrected chi connectivity index (χ3v) is 7.09. The molecule has 0 unspecified atom stereocenters. The van der Waals surface area contributed by atoms with Crippen LogP contribution in [0.1, 0.15) is 12.8 Å². The predicted octanol–water partition coefficient (Wildman–Crippen LogP) is 2.84. The molecule has 31 heavy (non-hydrogen) atoms. The van der Waals surface area contributed by atoms with Crippen molar-refractivity contribution in [3.05, 3.63) is 47.6 Å². The van der Waals surface area contributed by atoms with Crippen molar-refractivity contribution in [2.45, 2.75) is 18.9 Å². The highest BCUT2D eigenvalue weighted by Gasteiger charge is 2.21. The van der Waals surface area contributed by atoms with Gasteiger partial charge in [-0.05, 0) is 54.6 Å². The molecule has 0 spiro atoms. The van der Waals surface area contributed by atoms with Crippen LogP contribution in [0, 0.1) is 5.82 Å². The maximum absolute atomic E-state index is 13.1. The van der Waals surface area contributed by atoms with Crippen molar-refractivity contribution in [2.75, 3.05) is 69.2 Å². The lowest BCUT2D eigenvalue weighted by Gasteiger charge is -2.36. The Balaban J connectivity index is 1.13. The number of guanidine groups is 1. The SMILES string of the molecule is CN=C(NCCN1CCN(c2ccc(F)cc2)CC1)NC1CCN(c2cccs2)CC1. The fourth-order valence-electron chi connectivity index (χ4n) is 4.30. The van der Waals surface area contributed by atoms with E-state index in [-0.39, 0.29) is 5.82 Å². The van der Waals surface area contributed by atoms with Crippen LogP contribution in [0.3, 0.4) is 0 Å². The number of rotatable bonds is 6. The van der Waals surface area contributed by atoms with Crippen molar-refractivity contribution in [1.29, 1.82) is 0 Å². The predicted molar refractivity (Wildman–Crippen MR) is 129 cm³/mol. The van der Waals surface area contributed by atoms with E-state index in [9.17, 15) is 4.39 Å². The molecule has 2 N–H and O–H groups in total. The Morgan fingerprint density at radius 1 is 1.03 bits per heavy atom. The number of nitrogens with zero attached hydrogens (tertiary/aromatic N) is 4. The second-order valence-corrected chi connectivity index (χ2v) is 9.09. The zero-order valence-corrected chi connectivity index (χ0v) is 19.1. The molecule has 0 saturated carbocycles. The maximum Gasteiger partial charge on any atom is 0.191 e. The normalized spacial score (nSPS) is 19.0. The summed E-state index contributed by atoms with van der Waals surface area (Å²) in [6, 6.07) is 11.6. The van der Waals surface area contributed by atoms with Gasteiger partial charge in [0.15, 0.2) is 5.96 Å². The van der Waals surface area contributed by atoms with Crippen molar-refractivity contribution in [2.24, 2.45) is 4.99 Å². The second-order valence-electron chi connectivity index (χ2n) is 8.16. The fraction of sp³-hybridized carbons (Fsp3) is 0.522. The number of piperidine rings is 1. The van der Waals surface area contributed by atoms with Gasteiger partial charge in [0.2, 0.25) is 0 Å². The zero-order valence-electron chi connectivity index (χ0n) is 18.3. The van der Waals surface area contributed by atoms with Gasteiger partial charge in [-0.25, -0.2) is 4.39 Å². The first-order chi connectivity index (χ1) is 15.2. The van der Waals surface area contributed by atoms with Crippen LogP contribution in [-0.4, -0.2) is 76.3 Å². The van der Waals surface area contributed by atoms with Gasteiger partial charge in [0.05, 0.1) is 5.00 Å². The largest absolute Gasteiger partial charge is 0.369 e. The highest BCUT2D eigenvalue weighted by atomic mass is 32.1. The molecule has 1 aromatic heterocycles. The van der Waals surface area contributed by atoms with Gasteiger partial charge >= 0.3 is 0 Å². The molecule has 168 valence electrons. The van der Waals surface area contributed by atoms with Gasteiger partial charge in [0.25, 0.3) is 0 Å². The Labute approximate surface area is 188 Å². The molecule has 1 aromatic carbocycles. The van der Waals surface area contributed by atoms with E-state index in [1.54, 1.807) is 0 Å². The van der Waals surface area contributed by atoms with Crippen molar-refractivity contribution in [1.82, 2.24) is 15.5 Å². The summed E-state index contributed by atoms with van der Waals surface area (Å²) >= 11 is 1.82. The third-order valence-electron chi connectivity index (χ3n) is 6.16. The molecule has 4 rings (SSSR count). The molecule has 2 saturated heterocycles. The fourth-order valence-corrected chi connectivity index (χ4v) is 5.08. The first-order valence-electron chi connectivity index (χ1n) is 11.2. The lowest BCUT2D eigenvalue weighted by molar-refractivity contribution is 0.261. The molecule has 0 atom stereocenters. The standard InChI is InChI=1S/C23H33FN6S/c1-25-23(27-20-8-11-30(12-9-20)22-3-2-18-31-22)26-10-13-28-14-16-29(17-15-28)21-6-4-19(24)5-7-21/h2-7,18,20H,8-17H2,1H3,(H2,25,26,27). The molecule has 0 radical (unpaired) electrons. The first kappa shape index (κ1) is 21.9. The van der Waals surface area contributed by atoms with Gasteiger partial charge in [-0.15, -0.1) is 11.3 Å². The van der Waals surface area contributed by atoms with Gasteiger partial charge in [0, 0.05) is 71.1 Å². The number of benzene rings is 1. The quantitative estimate of drug-likeness (QED) is 0.530. The molecule has 6 nitrogen and oxygen atoms in total. The lowest BCUT2D eigenvalue weighted by Crippen LogP contribution is -2.51. The van der Waals surface area contributed by atoms with E-state index in [0.29, 0.717) is 6.04 Å². The van der Waals surface area contributed by atoms with E-state index in [1.165, 1.54) is 17.1 Å². The van der Waals surface area contributed by atoms with Gasteiger partial charge in [-0.2, -0.15) is 0 Å². The number of piperazine rings is 1. The van der Waals surface area contributed by atoms with Gasteiger partial charge < -0.3 is 20.4 Å². The maximum atomic E-state index is 13.1. The monoisotopic (exact) mass is 444 g/mol. The van der Waals surface area contributed by atoms with Crippen LogP contribution in [0.25, 0.3) is 0 Å². The highest BCUT2D eigenvalue weighted by molar-refractivity contribution is 7.14. The Morgan fingerprint density at radius 2 is 1.77 bits per heavy atom. The molecular formula is C23H33FN6S. The van der Waals surface area contributed by atoms with Crippen molar-refractivity contribution in [3.63, 3.8) is 0 Å². The van der Waals surface area contributed by atoms with E-state index < -0.39 is 0 Å². The van der Waals surface area contributed by atoms with Gasteiger partial charge in [-0.1, -0.05) is 0 Å². The van der Waals surface area contributed by atoms with Gasteiger partial charge in [-0.3, -0.25) is 9.89 Å². The minimum Gasteiger partial charge on any atom is -0.369 e. The smallest absolute Gasteiger partial charge is 0.191 e. The molecule has 2 aliphatic heterocycles. The second kappa shape index (κ2) is 10.8. The molecule has 0 bridgehead atoms. The Morgan fingerprint density at radius 3 is 2.42 bits per heavy atom. The molecule has 2 fully saturated rings. The summed E-state index contributed by atoms with van der Waals surface area (Å²) in [5.41, 5.74) is 1.11. The Hall–Kier alpha value is -2.32. The van der Waals surface area contributed by atoms with Crippen LogP contribution in [0.15, 0.2) is 46.8 Å². The lowest BCUT2D eigenvalue weighted by atomic mass is 10.1.